The lowest BCUT2D eigenvalue weighted by atomic mass is 10.5. The third kappa shape index (κ3) is 2.65. The maximum Gasteiger partial charge on any atom is 0.435 e. The molecule has 15 heavy (non-hydrogen) atoms. The number of aromatic nitrogens is 2. The summed E-state index contributed by atoms with van der Waals surface area (Å²) in [4.78, 5) is 12.4. The van der Waals surface area contributed by atoms with Crippen LogP contribution in [0.4, 0.5) is 19.1 Å². The average molecular weight is 225 g/mol. The molecule has 84 valence electrons. The zero-order chi connectivity index (χ0) is 11.6. The van der Waals surface area contributed by atoms with Crippen molar-refractivity contribution in [1.82, 2.24) is 9.55 Å². The Morgan fingerprint density at radius 2 is 2.20 bits per heavy atom. The Bertz CT molecular complexity index is 373. The van der Waals surface area contributed by atoms with Crippen molar-refractivity contribution >= 4 is 5.95 Å². The summed E-state index contributed by atoms with van der Waals surface area (Å²) >= 11 is 0. The van der Waals surface area contributed by atoms with Crippen molar-refractivity contribution in [3.63, 3.8) is 0 Å². The summed E-state index contributed by atoms with van der Waals surface area (Å²) in [6.07, 6.45) is -3.76. The number of halogens is 3. The van der Waals surface area contributed by atoms with Crippen molar-refractivity contribution in [2.45, 2.75) is 19.3 Å². The molecule has 0 saturated carbocycles. The second-order valence-electron chi connectivity index (χ2n) is 2.67. The predicted octanol–water partition coefficient (Wildman–Crippen LogP) is 0.846. The van der Waals surface area contributed by atoms with Gasteiger partial charge in [0.05, 0.1) is 0 Å². The van der Waals surface area contributed by atoms with Crippen LogP contribution >= 0.6 is 0 Å². The highest BCUT2D eigenvalue weighted by molar-refractivity contribution is 5.15. The molecular formula is C6H6F3N3O3. The van der Waals surface area contributed by atoms with Gasteiger partial charge < -0.3 is 15.2 Å². The zero-order valence-electron chi connectivity index (χ0n) is 7.23. The highest BCUT2D eigenvalue weighted by atomic mass is 19.4. The molecule has 1 rings (SSSR count). The molecule has 0 aromatic carbocycles. The number of nitrogens with zero attached hydrogens (tertiary/aromatic N) is 3. The molecule has 9 heteroatoms. The van der Waals surface area contributed by atoms with Crippen molar-refractivity contribution in [3.05, 3.63) is 22.0 Å². The fourth-order valence-electron chi connectivity index (χ4n) is 1.02. The minimum atomic E-state index is -4.60. The Morgan fingerprint density at radius 3 is 2.60 bits per heavy atom. The first-order valence-corrected chi connectivity index (χ1v) is 3.71. The molecule has 1 aromatic rings. The van der Waals surface area contributed by atoms with E-state index in [-0.39, 0.29) is 5.69 Å². The standard InChI is InChI=1S/C6H6F3N3O3/c7-6(8,9)3-11-4(2-13)1-10-5(11)12(14)15/h1,13H,2-3H2. The maximum atomic E-state index is 12.0. The van der Waals surface area contributed by atoms with Gasteiger partial charge in [-0.3, -0.25) is 0 Å². The van der Waals surface area contributed by atoms with E-state index >= 15 is 0 Å². The first kappa shape index (κ1) is 11.4. The molecule has 0 aliphatic rings. The monoisotopic (exact) mass is 225 g/mol. The fourth-order valence-corrected chi connectivity index (χ4v) is 1.02. The summed E-state index contributed by atoms with van der Waals surface area (Å²) in [6.45, 7) is -2.28. The zero-order valence-corrected chi connectivity index (χ0v) is 7.23. The molecule has 0 aliphatic heterocycles. The number of hydrogen-bond donors (Lipinski definition) is 1. The lowest BCUT2D eigenvalue weighted by Gasteiger charge is -2.07. The highest BCUT2D eigenvalue weighted by Gasteiger charge is 2.34. The van der Waals surface area contributed by atoms with E-state index in [4.69, 9.17) is 5.11 Å². The Morgan fingerprint density at radius 1 is 1.60 bits per heavy atom. The van der Waals surface area contributed by atoms with Crippen LogP contribution in [0.25, 0.3) is 0 Å². The van der Waals surface area contributed by atoms with Gasteiger partial charge in [0.2, 0.25) is 0 Å². The van der Waals surface area contributed by atoms with Crippen molar-refractivity contribution in [3.8, 4) is 0 Å². The molecular weight excluding hydrogens is 219 g/mol. The second-order valence-corrected chi connectivity index (χ2v) is 2.67. The summed E-state index contributed by atoms with van der Waals surface area (Å²) in [5, 5.41) is 19.0. The Labute approximate surface area is 81.1 Å². The topological polar surface area (TPSA) is 81.2 Å². The molecule has 0 spiro atoms. The van der Waals surface area contributed by atoms with E-state index in [9.17, 15) is 23.3 Å². The van der Waals surface area contributed by atoms with E-state index in [0.717, 1.165) is 6.20 Å². The molecule has 0 unspecified atom stereocenters. The van der Waals surface area contributed by atoms with Crippen LogP contribution in [0.2, 0.25) is 0 Å². The van der Waals surface area contributed by atoms with Crippen molar-refractivity contribution in [2.75, 3.05) is 0 Å². The van der Waals surface area contributed by atoms with Gasteiger partial charge in [-0.15, -0.1) is 0 Å². The largest absolute Gasteiger partial charge is 0.435 e. The lowest BCUT2D eigenvalue weighted by molar-refractivity contribution is -0.397. The number of nitro groups is 1. The van der Waals surface area contributed by atoms with Crippen LogP contribution in [0, 0.1) is 10.1 Å². The molecule has 0 atom stereocenters. The van der Waals surface area contributed by atoms with Crippen LogP contribution in [-0.2, 0) is 13.2 Å². The predicted molar refractivity (Wildman–Crippen MR) is 40.9 cm³/mol. The SMILES string of the molecule is O=[N+]([O-])c1ncc(CO)n1CC(F)(F)F. The first-order chi connectivity index (χ1) is 6.85. The number of imidazole rings is 1. The molecule has 0 aliphatic carbocycles. The molecule has 0 amide bonds. The van der Waals surface area contributed by atoms with Gasteiger partial charge in [-0.05, 0) is 4.92 Å². The molecule has 1 N–H and O–H groups in total. The van der Waals surface area contributed by atoms with Crippen molar-refractivity contribution < 1.29 is 23.2 Å². The molecule has 1 heterocycles. The second kappa shape index (κ2) is 3.85. The van der Waals surface area contributed by atoms with Gasteiger partial charge >= 0.3 is 12.1 Å². The lowest BCUT2D eigenvalue weighted by Crippen LogP contribution is -2.20. The molecule has 6 nitrogen and oxygen atoms in total. The van der Waals surface area contributed by atoms with E-state index in [2.05, 4.69) is 4.98 Å². The minimum absolute atomic E-state index is 0.251. The van der Waals surface area contributed by atoms with E-state index in [0.29, 0.717) is 4.57 Å². The first-order valence-electron chi connectivity index (χ1n) is 3.71. The van der Waals surface area contributed by atoms with Gasteiger partial charge in [0.25, 0.3) is 0 Å². The van der Waals surface area contributed by atoms with Gasteiger partial charge in [0.15, 0.2) is 6.54 Å². The molecule has 0 saturated heterocycles. The van der Waals surface area contributed by atoms with E-state index < -0.39 is 30.2 Å². The Kier molecular flexibility index (Phi) is 2.93. The molecule has 0 radical (unpaired) electrons. The van der Waals surface area contributed by atoms with E-state index in [1.165, 1.54) is 0 Å². The number of hydrogen-bond acceptors (Lipinski definition) is 4. The van der Waals surface area contributed by atoms with Crippen molar-refractivity contribution in [2.24, 2.45) is 0 Å². The summed E-state index contributed by atoms with van der Waals surface area (Å²) in [5.41, 5.74) is -0.251. The van der Waals surface area contributed by atoms with Crippen molar-refractivity contribution in [1.29, 1.82) is 0 Å². The maximum absolute atomic E-state index is 12.0. The van der Waals surface area contributed by atoms with Gasteiger partial charge in [-0.1, -0.05) is 4.98 Å². The summed E-state index contributed by atoms with van der Waals surface area (Å²) in [7, 11) is 0. The quantitative estimate of drug-likeness (QED) is 0.610. The van der Waals surface area contributed by atoms with Crippen LogP contribution in [0.15, 0.2) is 6.20 Å². The van der Waals surface area contributed by atoms with Crippen LogP contribution in [-0.4, -0.2) is 25.8 Å². The van der Waals surface area contributed by atoms with Crippen LogP contribution in [0.1, 0.15) is 5.69 Å². The summed E-state index contributed by atoms with van der Waals surface area (Å²) < 4.78 is 36.4. The van der Waals surface area contributed by atoms with E-state index in [1.807, 2.05) is 0 Å². The fraction of sp³-hybridized carbons (Fsp3) is 0.500. The van der Waals surface area contributed by atoms with Gasteiger partial charge in [0.1, 0.15) is 18.5 Å². The van der Waals surface area contributed by atoms with Crippen LogP contribution < -0.4 is 0 Å². The molecule has 0 bridgehead atoms. The summed E-state index contributed by atoms with van der Waals surface area (Å²) in [6, 6.07) is 0. The van der Waals surface area contributed by atoms with Gasteiger partial charge in [0, 0.05) is 0 Å². The highest BCUT2D eigenvalue weighted by Crippen LogP contribution is 2.22. The van der Waals surface area contributed by atoms with Crippen LogP contribution in [0.5, 0.6) is 0 Å². The normalized spacial score (nSPS) is 11.7. The third-order valence-electron chi connectivity index (χ3n) is 1.58. The smallest absolute Gasteiger partial charge is 0.390 e. The molecule has 0 fully saturated rings. The molecule has 1 aromatic heterocycles. The summed E-state index contributed by atoms with van der Waals surface area (Å²) in [5.74, 6) is -0.934. The number of alkyl halides is 3. The number of aliphatic hydroxyl groups excluding tert-OH is 1. The van der Waals surface area contributed by atoms with Crippen LogP contribution in [0.3, 0.4) is 0 Å². The average Bonchev–Trinajstić information content (AvgIpc) is 2.44. The Hall–Kier alpha value is -1.64. The minimum Gasteiger partial charge on any atom is -0.390 e. The number of aliphatic hydroxyl groups is 1. The van der Waals surface area contributed by atoms with Gasteiger partial charge in [-0.25, -0.2) is 4.57 Å². The Balaban J connectivity index is 3.11. The number of rotatable bonds is 3. The third-order valence-corrected chi connectivity index (χ3v) is 1.58. The van der Waals surface area contributed by atoms with Gasteiger partial charge in [-0.2, -0.15) is 13.2 Å². The van der Waals surface area contributed by atoms with E-state index in [1.54, 1.807) is 0 Å².